The fourth-order valence-electron chi connectivity index (χ4n) is 0.607. The first-order valence-electron chi connectivity index (χ1n) is 2.74. The first-order valence-corrected chi connectivity index (χ1v) is 3.86. The van der Waals surface area contributed by atoms with Gasteiger partial charge >= 0.3 is 0 Å². The monoisotopic (exact) mass is 269 g/mol. The molecule has 0 spiro atoms. The van der Waals surface area contributed by atoms with Crippen molar-refractivity contribution >= 4 is 32.9 Å². The molecule has 1 aromatic rings. The van der Waals surface area contributed by atoms with Crippen molar-refractivity contribution in [1.29, 1.82) is 0 Å². The van der Waals surface area contributed by atoms with Gasteiger partial charge in [-0.15, -0.1) is 22.1 Å². The van der Waals surface area contributed by atoms with Gasteiger partial charge in [0.1, 0.15) is 0 Å². The third-order valence-electron chi connectivity index (χ3n) is 1.00. The smallest absolute Gasteiger partial charge is 0.0835 e. The molecule has 0 aliphatic carbocycles. The fourth-order valence-corrected chi connectivity index (χ4v) is 1.01. The van der Waals surface area contributed by atoms with Crippen LogP contribution in [-0.4, -0.2) is 20.3 Å². The molecule has 1 aromatic heterocycles. The second-order valence-electron chi connectivity index (χ2n) is 1.82. The largest absolute Gasteiger partial charge is 0.255 e. The first-order chi connectivity index (χ1) is 4.33. The van der Waals surface area contributed by atoms with Crippen LogP contribution in [0.25, 0.3) is 0 Å². The standard InChI is InChI=1S/C5H8BrN3.BrH/c1-9-4-5(2-3-6)7-8-9;/h4H,2-3H2,1H3;1H. The van der Waals surface area contributed by atoms with Crippen molar-refractivity contribution < 1.29 is 0 Å². The maximum atomic E-state index is 3.89. The Morgan fingerprint density at radius 1 is 1.70 bits per heavy atom. The van der Waals surface area contributed by atoms with Gasteiger partial charge in [-0.05, 0) is 0 Å². The van der Waals surface area contributed by atoms with Crippen LogP contribution in [0.5, 0.6) is 0 Å². The highest BCUT2D eigenvalue weighted by molar-refractivity contribution is 9.09. The SMILES string of the molecule is Br.Cn1cc(CCBr)nn1. The molecule has 5 heteroatoms. The predicted octanol–water partition coefficient (Wildman–Crippen LogP) is 1.33. The minimum Gasteiger partial charge on any atom is -0.255 e. The Bertz CT molecular complexity index is 187. The zero-order valence-electron chi connectivity index (χ0n) is 5.62. The molecule has 0 unspecified atom stereocenters. The lowest BCUT2D eigenvalue weighted by molar-refractivity contribution is 0.713. The van der Waals surface area contributed by atoms with Crippen molar-refractivity contribution in [2.45, 2.75) is 6.42 Å². The lowest BCUT2D eigenvalue weighted by Gasteiger charge is -1.82. The number of aromatic nitrogens is 3. The lowest BCUT2D eigenvalue weighted by Crippen LogP contribution is -1.85. The van der Waals surface area contributed by atoms with Gasteiger partial charge in [0.15, 0.2) is 0 Å². The zero-order valence-corrected chi connectivity index (χ0v) is 8.92. The highest BCUT2D eigenvalue weighted by Crippen LogP contribution is 1.94. The van der Waals surface area contributed by atoms with Crippen molar-refractivity contribution in [3.8, 4) is 0 Å². The molecule has 0 saturated carbocycles. The molecule has 1 heterocycles. The van der Waals surface area contributed by atoms with E-state index in [1.165, 1.54) is 0 Å². The fraction of sp³-hybridized carbons (Fsp3) is 0.600. The van der Waals surface area contributed by atoms with E-state index >= 15 is 0 Å². The molecule has 0 fully saturated rings. The van der Waals surface area contributed by atoms with Crippen LogP contribution in [-0.2, 0) is 13.5 Å². The highest BCUT2D eigenvalue weighted by atomic mass is 79.9. The van der Waals surface area contributed by atoms with Gasteiger partial charge in [-0.1, -0.05) is 21.1 Å². The van der Waals surface area contributed by atoms with E-state index in [1.54, 1.807) is 4.68 Å². The van der Waals surface area contributed by atoms with Gasteiger partial charge in [0.05, 0.1) is 5.69 Å². The van der Waals surface area contributed by atoms with Crippen LogP contribution < -0.4 is 0 Å². The molecule has 0 aliphatic rings. The Kier molecular flexibility index (Phi) is 4.89. The van der Waals surface area contributed by atoms with Crippen LogP contribution in [0.2, 0.25) is 0 Å². The van der Waals surface area contributed by atoms with E-state index in [0.717, 1.165) is 17.4 Å². The molecule has 3 nitrogen and oxygen atoms in total. The Hall–Kier alpha value is 0.1000. The highest BCUT2D eigenvalue weighted by Gasteiger charge is 1.93. The Labute approximate surface area is 78.7 Å². The number of halogens is 2. The van der Waals surface area contributed by atoms with Gasteiger partial charge in [0.25, 0.3) is 0 Å². The molecule has 0 radical (unpaired) electrons. The van der Waals surface area contributed by atoms with E-state index in [2.05, 4.69) is 26.2 Å². The van der Waals surface area contributed by atoms with Crippen molar-refractivity contribution in [3.05, 3.63) is 11.9 Å². The van der Waals surface area contributed by atoms with E-state index in [0.29, 0.717) is 0 Å². The summed E-state index contributed by atoms with van der Waals surface area (Å²) in [6.45, 7) is 0. The van der Waals surface area contributed by atoms with E-state index in [1.807, 2.05) is 13.2 Å². The summed E-state index contributed by atoms with van der Waals surface area (Å²) in [5.41, 5.74) is 1.04. The Morgan fingerprint density at radius 2 is 2.40 bits per heavy atom. The summed E-state index contributed by atoms with van der Waals surface area (Å²) >= 11 is 3.32. The minimum absolute atomic E-state index is 0. The second kappa shape index (κ2) is 4.85. The average Bonchev–Trinajstić information content (AvgIpc) is 2.17. The van der Waals surface area contributed by atoms with Crippen LogP contribution in [0, 0.1) is 0 Å². The molecule has 0 saturated heterocycles. The summed E-state index contributed by atoms with van der Waals surface area (Å²) in [7, 11) is 1.87. The average molecular weight is 271 g/mol. The summed E-state index contributed by atoms with van der Waals surface area (Å²) in [6.07, 6.45) is 2.87. The van der Waals surface area contributed by atoms with Gasteiger partial charge < -0.3 is 0 Å². The van der Waals surface area contributed by atoms with Gasteiger partial charge in [0, 0.05) is 25.0 Å². The van der Waals surface area contributed by atoms with Gasteiger partial charge in [0.2, 0.25) is 0 Å². The molecule has 58 valence electrons. The van der Waals surface area contributed by atoms with Crippen LogP contribution >= 0.6 is 32.9 Å². The molecule has 0 aromatic carbocycles. The lowest BCUT2D eigenvalue weighted by atomic mass is 10.4. The van der Waals surface area contributed by atoms with Crippen LogP contribution in [0.15, 0.2) is 6.20 Å². The van der Waals surface area contributed by atoms with E-state index < -0.39 is 0 Å². The van der Waals surface area contributed by atoms with Crippen LogP contribution in [0.3, 0.4) is 0 Å². The third-order valence-corrected chi connectivity index (χ3v) is 1.40. The maximum absolute atomic E-state index is 3.89. The quantitative estimate of drug-likeness (QED) is 0.760. The molecular formula is C5H9Br2N3. The molecule has 0 atom stereocenters. The summed E-state index contributed by atoms with van der Waals surface area (Å²) < 4.78 is 1.71. The number of aryl methyl sites for hydroxylation is 2. The van der Waals surface area contributed by atoms with Crippen molar-refractivity contribution in [3.63, 3.8) is 0 Å². The zero-order chi connectivity index (χ0) is 6.69. The Balaban J connectivity index is 0.000000810. The maximum Gasteiger partial charge on any atom is 0.0835 e. The number of hydrogen-bond acceptors (Lipinski definition) is 2. The predicted molar refractivity (Wildman–Crippen MR) is 48.8 cm³/mol. The number of nitrogens with zero attached hydrogens (tertiary/aromatic N) is 3. The summed E-state index contributed by atoms with van der Waals surface area (Å²) in [5, 5.41) is 8.62. The van der Waals surface area contributed by atoms with E-state index in [9.17, 15) is 0 Å². The Morgan fingerprint density at radius 3 is 2.80 bits per heavy atom. The van der Waals surface area contributed by atoms with E-state index in [4.69, 9.17) is 0 Å². The van der Waals surface area contributed by atoms with Gasteiger partial charge in [-0.2, -0.15) is 0 Å². The molecule has 0 N–H and O–H groups in total. The van der Waals surface area contributed by atoms with Gasteiger partial charge in [-0.25, -0.2) is 0 Å². The topological polar surface area (TPSA) is 30.7 Å². The van der Waals surface area contributed by atoms with Crippen molar-refractivity contribution in [2.24, 2.45) is 7.05 Å². The molecule has 10 heavy (non-hydrogen) atoms. The second-order valence-corrected chi connectivity index (χ2v) is 2.62. The van der Waals surface area contributed by atoms with E-state index in [-0.39, 0.29) is 17.0 Å². The summed E-state index contributed by atoms with van der Waals surface area (Å²) in [4.78, 5) is 0. The summed E-state index contributed by atoms with van der Waals surface area (Å²) in [5.74, 6) is 0. The van der Waals surface area contributed by atoms with Crippen LogP contribution in [0.4, 0.5) is 0 Å². The minimum atomic E-state index is 0. The van der Waals surface area contributed by atoms with Crippen molar-refractivity contribution in [1.82, 2.24) is 15.0 Å². The van der Waals surface area contributed by atoms with Crippen molar-refractivity contribution in [2.75, 3.05) is 5.33 Å². The molecule has 0 bridgehead atoms. The van der Waals surface area contributed by atoms with Crippen LogP contribution in [0.1, 0.15) is 5.69 Å². The number of rotatable bonds is 2. The number of hydrogen-bond donors (Lipinski definition) is 0. The first kappa shape index (κ1) is 10.1. The molecular weight excluding hydrogens is 262 g/mol. The molecule has 1 rings (SSSR count). The molecule has 0 aliphatic heterocycles. The van der Waals surface area contributed by atoms with Gasteiger partial charge in [-0.3, -0.25) is 4.68 Å². The normalized spacial score (nSPS) is 9.00. The molecule has 0 amide bonds. The third kappa shape index (κ3) is 2.79. The number of alkyl halides is 1. The summed E-state index contributed by atoms with van der Waals surface area (Å²) in [6, 6.07) is 0.